The molecule has 1 aliphatic carbocycles. The van der Waals surface area contributed by atoms with Gasteiger partial charge in [-0.3, -0.25) is 14.6 Å². The van der Waals surface area contributed by atoms with Gasteiger partial charge >= 0.3 is 0 Å². The lowest BCUT2D eigenvalue weighted by Gasteiger charge is -2.14. The maximum atomic E-state index is 13.6. The van der Waals surface area contributed by atoms with E-state index in [4.69, 9.17) is 0 Å². The van der Waals surface area contributed by atoms with Gasteiger partial charge in [-0.15, -0.1) is 0 Å². The highest BCUT2D eigenvalue weighted by Gasteiger charge is 2.30. The van der Waals surface area contributed by atoms with Gasteiger partial charge in [-0.05, 0) is 49.6 Å². The SMILES string of the molecule is C[C@H](NC(=O)c1cn(C)c2ccc(-c3cn4cc(NC(=O)C5CC5)nc4cn3)cc12)c1cccc(F)c1. The molecular formula is C28H25FN6O2. The lowest BCUT2D eigenvalue weighted by Crippen LogP contribution is -2.26. The Balaban J connectivity index is 1.29. The van der Waals surface area contributed by atoms with Crippen molar-refractivity contribution in [3.63, 3.8) is 0 Å². The van der Waals surface area contributed by atoms with Gasteiger partial charge < -0.3 is 19.6 Å². The van der Waals surface area contributed by atoms with E-state index in [9.17, 15) is 14.0 Å². The van der Waals surface area contributed by atoms with Crippen molar-refractivity contribution in [1.29, 1.82) is 0 Å². The van der Waals surface area contributed by atoms with Gasteiger partial charge in [-0.2, -0.15) is 0 Å². The van der Waals surface area contributed by atoms with Gasteiger partial charge in [-0.1, -0.05) is 18.2 Å². The predicted octanol–water partition coefficient (Wildman–Crippen LogP) is 4.87. The zero-order valence-electron chi connectivity index (χ0n) is 20.4. The largest absolute Gasteiger partial charge is 0.350 e. The molecule has 5 aromatic rings. The van der Waals surface area contributed by atoms with Crippen molar-refractivity contribution in [3.8, 4) is 11.3 Å². The number of fused-ring (bicyclic) bond motifs is 2. The number of hydrogen-bond acceptors (Lipinski definition) is 4. The van der Waals surface area contributed by atoms with Crippen LogP contribution in [0.25, 0.3) is 27.8 Å². The van der Waals surface area contributed by atoms with Crippen LogP contribution in [-0.4, -0.2) is 30.8 Å². The second-order valence-corrected chi connectivity index (χ2v) is 9.56. The van der Waals surface area contributed by atoms with Crippen molar-refractivity contribution < 1.29 is 14.0 Å². The van der Waals surface area contributed by atoms with Crippen molar-refractivity contribution in [2.24, 2.45) is 13.0 Å². The van der Waals surface area contributed by atoms with Crippen LogP contribution in [0.4, 0.5) is 10.2 Å². The third-order valence-electron chi connectivity index (χ3n) is 6.77. The number of aryl methyl sites for hydroxylation is 1. The molecule has 2 aromatic carbocycles. The first-order valence-corrected chi connectivity index (χ1v) is 12.2. The second kappa shape index (κ2) is 8.85. The van der Waals surface area contributed by atoms with Crippen molar-refractivity contribution in [3.05, 3.63) is 84.2 Å². The first-order valence-electron chi connectivity index (χ1n) is 12.2. The van der Waals surface area contributed by atoms with Gasteiger partial charge in [0.1, 0.15) is 5.82 Å². The van der Waals surface area contributed by atoms with Gasteiger partial charge in [0.05, 0.1) is 29.7 Å². The van der Waals surface area contributed by atoms with Crippen molar-refractivity contribution in [2.45, 2.75) is 25.8 Å². The van der Waals surface area contributed by atoms with Crippen molar-refractivity contribution in [1.82, 2.24) is 24.3 Å². The van der Waals surface area contributed by atoms with E-state index >= 15 is 0 Å². The molecule has 8 nitrogen and oxygen atoms in total. The zero-order chi connectivity index (χ0) is 25.7. The summed E-state index contributed by atoms with van der Waals surface area (Å²) in [4.78, 5) is 34.3. The number of imidazole rings is 1. The second-order valence-electron chi connectivity index (χ2n) is 9.56. The number of anilines is 1. The molecule has 0 aliphatic heterocycles. The third kappa shape index (κ3) is 4.44. The van der Waals surface area contributed by atoms with Gasteiger partial charge in [0.15, 0.2) is 11.5 Å². The number of carbonyl (C=O) groups is 2. The summed E-state index contributed by atoms with van der Waals surface area (Å²) in [7, 11) is 1.89. The van der Waals surface area contributed by atoms with Crippen LogP contribution in [0, 0.1) is 11.7 Å². The fourth-order valence-electron chi connectivity index (χ4n) is 4.55. The molecule has 2 amide bonds. The molecule has 0 unspecified atom stereocenters. The molecule has 1 fully saturated rings. The Hall–Kier alpha value is -4.53. The summed E-state index contributed by atoms with van der Waals surface area (Å²) in [6.45, 7) is 1.83. The van der Waals surface area contributed by atoms with E-state index in [2.05, 4.69) is 20.6 Å². The number of halogens is 1. The van der Waals surface area contributed by atoms with Crippen LogP contribution in [-0.2, 0) is 11.8 Å². The average molecular weight is 497 g/mol. The van der Waals surface area contributed by atoms with Crippen LogP contribution >= 0.6 is 0 Å². The molecule has 0 radical (unpaired) electrons. The highest BCUT2D eigenvalue weighted by atomic mass is 19.1. The maximum Gasteiger partial charge on any atom is 0.253 e. The number of nitrogens with one attached hydrogen (secondary N) is 2. The number of carbonyl (C=O) groups excluding carboxylic acids is 2. The molecular weight excluding hydrogens is 471 g/mol. The number of aromatic nitrogens is 4. The average Bonchev–Trinajstić information content (AvgIpc) is 3.59. The Morgan fingerprint density at radius 2 is 1.95 bits per heavy atom. The number of rotatable bonds is 6. The van der Waals surface area contributed by atoms with E-state index in [1.807, 2.05) is 47.3 Å². The first kappa shape index (κ1) is 22.9. The van der Waals surface area contributed by atoms with Crippen LogP contribution in [0.1, 0.15) is 41.7 Å². The predicted molar refractivity (Wildman–Crippen MR) is 139 cm³/mol. The van der Waals surface area contributed by atoms with E-state index in [1.165, 1.54) is 12.1 Å². The smallest absolute Gasteiger partial charge is 0.253 e. The monoisotopic (exact) mass is 496 g/mol. The van der Waals surface area contributed by atoms with Crippen LogP contribution in [0.15, 0.2) is 67.3 Å². The van der Waals surface area contributed by atoms with Gasteiger partial charge in [0.25, 0.3) is 5.91 Å². The molecule has 3 heterocycles. The summed E-state index contributed by atoms with van der Waals surface area (Å²) in [6, 6.07) is 11.7. The number of nitrogens with zero attached hydrogens (tertiary/aromatic N) is 4. The molecule has 0 saturated heterocycles. The fourth-order valence-corrected chi connectivity index (χ4v) is 4.55. The minimum atomic E-state index is -0.360. The molecule has 0 bridgehead atoms. The van der Waals surface area contributed by atoms with Crippen LogP contribution in [0.2, 0.25) is 0 Å². The maximum absolute atomic E-state index is 13.6. The summed E-state index contributed by atoms with van der Waals surface area (Å²) in [5.41, 5.74) is 4.29. The van der Waals surface area contributed by atoms with Gasteiger partial charge in [0.2, 0.25) is 5.91 Å². The highest BCUT2D eigenvalue weighted by molar-refractivity contribution is 6.08. The molecule has 37 heavy (non-hydrogen) atoms. The summed E-state index contributed by atoms with van der Waals surface area (Å²) in [6.07, 6.45) is 8.93. The lowest BCUT2D eigenvalue weighted by atomic mass is 10.1. The molecule has 0 spiro atoms. The first-order chi connectivity index (χ1) is 17.9. The minimum absolute atomic E-state index is 0.00337. The molecule has 2 N–H and O–H groups in total. The van der Waals surface area contributed by atoms with Gasteiger partial charge in [-0.25, -0.2) is 9.37 Å². The summed E-state index contributed by atoms with van der Waals surface area (Å²) >= 11 is 0. The zero-order valence-corrected chi connectivity index (χ0v) is 20.4. The normalized spacial score (nSPS) is 14.1. The highest BCUT2D eigenvalue weighted by Crippen LogP contribution is 2.31. The van der Waals surface area contributed by atoms with Crippen LogP contribution in [0.3, 0.4) is 0 Å². The number of benzene rings is 2. The summed E-state index contributed by atoms with van der Waals surface area (Å²) in [5, 5.41) is 6.63. The molecule has 6 rings (SSSR count). The molecule has 3 aromatic heterocycles. The summed E-state index contributed by atoms with van der Waals surface area (Å²) < 4.78 is 17.4. The minimum Gasteiger partial charge on any atom is -0.350 e. The van der Waals surface area contributed by atoms with Crippen LogP contribution in [0.5, 0.6) is 0 Å². The number of amides is 2. The van der Waals surface area contributed by atoms with Crippen molar-refractivity contribution >= 4 is 34.2 Å². The van der Waals surface area contributed by atoms with Crippen molar-refractivity contribution in [2.75, 3.05) is 5.32 Å². The molecule has 1 atom stereocenters. The van der Waals surface area contributed by atoms with E-state index in [-0.39, 0.29) is 29.6 Å². The lowest BCUT2D eigenvalue weighted by molar-refractivity contribution is -0.117. The Bertz CT molecular complexity index is 1680. The Morgan fingerprint density at radius 3 is 2.73 bits per heavy atom. The van der Waals surface area contributed by atoms with Gasteiger partial charge in [0, 0.05) is 41.8 Å². The molecule has 9 heteroatoms. The number of hydrogen-bond donors (Lipinski definition) is 2. The molecule has 1 saturated carbocycles. The van der Waals surface area contributed by atoms with E-state index < -0.39 is 0 Å². The fraction of sp³-hybridized carbons (Fsp3) is 0.214. The topological polar surface area (TPSA) is 93.3 Å². The standard InChI is InChI=1S/C28H25FN6O2/c1-16(18-4-3-5-20(29)10-18)31-28(37)22-13-34(2)24-9-8-19(11-21(22)24)23-14-35-15-25(32-26(35)12-30-23)33-27(36)17-6-7-17/h3-5,8-17H,6-7H2,1-2H3,(H,31,37)(H,33,36)/t16-/m0/s1. The molecule has 1 aliphatic rings. The Labute approximate surface area is 212 Å². The summed E-state index contributed by atoms with van der Waals surface area (Å²) in [5.74, 6) is 0.0190. The van der Waals surface area contributed by atoms with E-state index in [0.717, 1.165) is 29.3 Å². The van der Waals surface area contributed by atoms with E-state index in [0.29, 0.717) is 28.3 Å². The quantitative estimate of drug-likeness (QED) is 0.351. The Morgan fingerprint density at radius 1 is 1.11 bits per heavy atom. The van der Waals surface area contributed by atoms with Crippen LogP contribution < -0.4 is 10.6 Å². The third-order valence-corrected chi connectivity index (χ3v) is 6.77. The Kier molecular flexibility index (Phi) is 5.48. The molecule has 186 valence electrons. The van der Waals surface area contributed by atoms with E-state index in [1.54, 1.807) is 30.7 Å².